The van der Waals surface area contributed by atoms with Crippen LogP contribution < -0.4 is 21.5 Å². The molecule has 0 spiro atoms. The summed E-state index contributed by atoms with van der Waals surface area (Å²) in [6.07, 6.45) is 10.3. The van der Waals surface area contributed by atoms with Gasteiger partial charge < -0.3 is 26.4 Å². The molecule has 1 amide bonds. The minimum atomic E-state index is -0.138. The lowest BCUT2D eigenvalue weighted by Crippen LogP contribution is -2.46. The Morgan fingerprint density at radius 2 is 1.93 bits per heavy atom. The van der Waals surface area contributed by atoms with Crippen molar-refractivity contribution in [1.82, 2.24) is 10.2 Å². The van der Waals surface area contributed by atoms with E-state index < -0.39 is 0 Å². The number of ether oxygens (including phenoxy) is 1. The molecule has 1 unspecified atom stereocenters. The van der Waals surface area contributed by atoms with E-state index in [9.17, 15) is 4.79 Å². The molecule has 1 saturated heterocycles. The molecule has 1 aromatic carbocycles. The minimum absolute atomic E-state index is 0.138. The van der Waals surface area contributed by atoms with E-state index in [1.807, 2.05) is 6.92 Å². The van der Waals surface area contributed by atoms with Crippen molar-refractivity contribution in [3.63, 3.8) is 0 Å². The zero-order valence-corrected chi connectivity index (χ0v) is 16.2. The smallest absolute Gasteiger partial charge is 0.255 e. The largest absolute Gasteiger partial charge is 0.493 e. The molecule has 0 saturated carbocycles. The fourth-order valence-corrected chi connectivity index (χ4v) is 3.97. The quantitative estimate of drug-likeness (QED) is 0.527. The molecule has 3 rings (SSSR count). The molecular weight excluding hydrogens is 340 g/mol. The number of nitrogen functional groups attached to an aromatic ring is 2. The average Bonchev–Trinajstić information content (AvgIpc) is 2.67. The van der Waals surface area contributed by atoms with Crippen LogP contribution in [0.5, 0.6) is 5.75 Å². The summed E-state index contributed by atoms with van der Waals surface area (Å²) in [5, 5.41) is 3.15. The van der Waals surface area contributed by atoms with E-state index in [0.717, 1.165) is 31.8 Å². The number of piperidine rings is 1. The lowest BCUT2D eigenvalue weighted by Gasteiger charge is -2.35. The molecule has 1 atom stereocenters. The molecule has 0 radical (unpaired) electrons. The minimum Gasteiger partial charge on any atom is -0.493 e. The summed E-state index contributed by atoms with van der Waals surface area (Å²) in [6.45, 7) is 5.60. The maximum Gasteiger partial charge on any atom is 0.255 e. The first-order valence-corrected chi connectivity index (χ1v) is 10.1. The van der Waals surface area contributed by atoms with Gasteiger partial charge in [0.1, 0.15) is 5.75 Å². The Hall–Kier alpha value is -2.21. The maximum atomic E-state index is 12.8. The Kier molecular flexibility index (Phi) is 6.61. The Morgan fingerprint density at radius 1 is 1.19 bits per heavy atom. The Balaban J connectivity index is 1.53. The van der Waals surface area contributed by atoms with Crippen LogP contribution in [0.2, 0.25) is 0 Å². The van der Waals surface area contributed by atoms with E-state index in [1.165, 1.54) is 25.8 Å². The second-order valence-corrected chi connectivity index (χ2v) is 7.61. The summed E-state index contributed by atoms with van der Waals surface area (Å²) < 4.78 is 5.57. The van der Waals surface area contributed by atoms with Crippen LogP contribution in [0.15, 0.2) is 24.3 Å². The van der Waals surface area contributed by atoms with Gasteiger partial charge in [0, 0.05) is 31.7 Å². The standard InChI is InChI=1S/C21H32N4O2/c1-2-27-20-13-19(23)18(22)12-17(20)21(26)24-16-8-10-25(11-9-16)14-15-6-4-3-5-7-15/h3-4,12-13,15-16H,2,5-11,14,22-23H2,1H3,(H,24,26). The van der Waals surface area contributed by atoms with Crippen LogP contribution in [0, 0.1) is 5.92 Å². The van der Waals surface area contributed by atoms with Crippen molar-refractivity contribution in [3.05, 3.63) is 29.8 Å². The zero-order valence-electron chi connectivity index (χ0n) is 16.2. The highest BCUT2D eigenvalue weighted by molar-refractivity contribution is 5.99. The lowest BCUT2D eigenvalue weighted by atomic mass is 9.93. The fourth-order valence-electron chi connectivity index (χ4n) is 3.97. The van der Waals surface area contributed by atoms with Crippen molar-refractivity contribution in [2.75, 3.05) is 37.7 Å². The third kappa shape index (κ3) is 5.16. The van der Waals surface area contributed by atoms with Crippen molar-refractivity contribution in [2.24, 2.45) is 5.92 Å². The number of allylic oxidation sites excluding steroid dienone is 2. The predicted octanol–water partition coefficient (Wildman–Crippen LogP) is 2.80. The molecule has 1 fully saturated rings. The second-order valence-electron chi connectivity index (χ2n) is 7.61. The number of benzene rings is 1. The monoisotopic (exact) mass is 372 g/mol. The molecule has 0 aromatic heterocycles. The van der Waals surface area contributed by atoms with Gasteiger partial charge in [0.2, 0.25) is 0 Å². The van der Waals surface area contributed by atoms with Gasteiger partial charge in [-0.25, -0.2) is 0 Å². The van der Waals surface area contributed by atoms with Crippen molar-refractivity contribution in [2.45, 2.75) is 45.1 Å². The Bertz CT molecular complexity index is 681. The molecule has 27 heavy (non-hydrogen) atoms. The van der Waals surface area contributed by atoms with Gasteiger partial charge in [0.25, 0.3) is 5.91 Å². The van der Waals surface area contributed by atoms with Crippen LogP contribution in [-0.4, -0.2) is 43.1 Å². The van der Waals surface area contributed by atoms with Gasteiger partial charge in [-0.05, 0) is 51.0 Å². The SMILES string of the molecule is CCOc1cc(N)c(N)cc1C(=O)NC1CCN(CC2CC=CCC2)CC1. The van der Waals surface area contributed by atoms with E-state index in [-0.39, 0.29) is 11.9 Å². The molecule has 2 aliphatic rings. The fraction of sp³-hybridized carbons (Fsp3) is 0.571. The lowest BCUT2D eigenvalue weighted by molar-refractivity contribution is 0.0901. The highest BCUT2D eigenvalue weighted by atomic mass is 16.5. The predicted molar refractivity (Wildman–Crippen MR) is 110 cm³/mol. The molecule has 148 valence electrons. The number of nitrogens with one attached hydrogen (secondary N) is 1. The summed E-state index contributed by atoms with van der Waals surface area (Å²) in [5.41, 5.74) is 13.0. The van der Waals surface area contributed by atoms with Gasteiger partial charge in [-0.3, -0.25) is 4.79 Å². The summed E-state index contributed by atoms with van der Waals surface area (Å²) in [4.78, 5) is 15.3. The number of rotatable bonds is 6. The zero-order chi connectivity index (χ0) is 19.2. The summed E-state index contributed by atoms with van der Waals surface area (Å²) in [7, 11) is 0. The average molecular weight is 373 g/mol. The first-order chi connectivity index (χ1) is 13.1. The van der Waals surface area contributed by atoms with E-state index >= 15 is 0 Å². The first kappa shape index (κ1) is 19.5. The van der Waals surface area contributed by atoms with Crippen LogP contribution in [0.1, 0.15) is 49.4 Å². The molecule has 1 aliphatic heterocycles. The summed E-state index contributed by atoms with van der Waals surface area (Å²) in [5.74, 6) is 1.14. The highest BCUT2D eigenvalue weighted by Crippen LogP contribution is 2.28. The number of amides is 1. The third-order valence-electron chi connectivity index (χ3n) is 5.55. The van der Waals surface area contributed by atoms with Crippen LogP contribution >= 0.6 is 0 Å². The van der Waals surface area contributed by atoms with Gasteiger partial charge in [-0.1, -0.05) is 12.2 Å². The molecular formula is C21H32N4O2. The van der Waals surface area contributed by atoms with Gasteiger partial charge in [-0.15, -0.1) is 0 Å². The van der Waals surface area contributed by atoms with Crippen LogP contribution in [-0.2, 0) is 0 Å². The number of anilines is 2. The van der Waals surface area contributed by atoms with Crippen LogP contribution in [0.3, 0.4) is 0 Å². The van der Waals surface area contributed by atoms with E-state index in [1.54, 1.807) is 12.1 Å². The Morgan fingerprint density at radius 3 is 2.59 bits per heavy atom. The van der Waals surface area contributed by atoms with Crippen LogP contribution in [0.4, 0.5) is 11.4 Å². The van der Waals surface area contributed by atoms with Gasteiger partial charge in [0.15, 0.2) is 0 Å². The molecule has 1 heterocycles. The number of nitrogens with two attached hydrogens (primary N) is 2. The van der Waals surface area contributed by atoms with Gasteiger partial charge in [-0.2, -0.15) is 0 Å². The highest BCUT2D eigenvalue weighted by Gasteiger charge is 2.24. The number of carbonyl (C=O) groups is 1. The summed E-state index contributed by atoms with van der Waals surface area (Å²) >= 11 is 0. The second kappa shape index (κ2) is 9.13. The molecule has 6 heteroatoms. The molecule has 0 bridgehead atoms. The first-order valence-electron chi connectivity index (χ1n) is 10.1. The Labute approximate surface area is 161 Å². The third-order valence-corrected chi connectivity index (χ3v) is 5.55. The maximum absolute atomic E-state index is 12.8. The van der Waals surface area contributed by atoms with Crippen molar-refractivity contribution in [1.29, 1.82) is 0 Å². The number of hydrogen-bond acceptors (Lipinski definition) is 5. The van der Waals surface area contributed by atoms with Gasteiger partial charge in [0.05, 0.1) is 23.5 Å². The van der Waals surface area contributed by atoms with E-state index in [0.29, 0.717) is 29.3 Å². The number of hydrogen-bond donors (Lipinski definition) is 3. The number of carbonyl (C=O) groups excluding carboxylic acids is 1. The summed E-state index contributed by atoms with van der Waals surface area (Å²) in [6, 6.07) is 3.43. The number of nitrogens with zero attached hydrogens (tertiary/aromatic N) is 1. The van der Waals surface area contributed by atoms with E-state index in [2.05, 4.69) is 22.4 Å². The van der Waals surface area contributed by atoms with Gasteiger partial charge >= 0.3 is 0 Å². The molecule has 5 N–H and O–H groups in total. The topological polar surface area (TPSA) is 93.6 Å². The van der Waals surface area contributed by atoms with Crippen molar-refractivity contribution >= 4 is 17.3 Å². The van der Waals surface area contributed by atoms with Crippen molar-refractivity contribution < 1.29 is 9.53 Å². The van der Waals surface area contributed by atoms with Crippen molar-refractivity contribution in [3.8, 4) is 5.75 Å². The van der Waals surface area contributed by atoms with Crippen LogP contribution in [0.25, 0.3) is 0 Å². The number of likely N-dealkylation sites (tertiary alicyclic amines) is 1. The molecule has 1 aliphatic carbocycles. The normalized spacial score (nSPS) is 21.1. The molecule has 6 nitrogen and oxygen atoms in total. The molecule has 1 aromatic rings. The van der Waals surface area contributed by atoms with E-state index in [4.69, 9.17) is 16.2 Å².